The molecule has 1 rings (SSSR count). The number of aliphatic hydroxyl groups is 1. The van der Waals surface area contributed by atoms with Crippen molar-refractivity contribution in [1.82, 2.24) is 4.98 Å². The van der Waals surface area contributed by atoms with Gasteiger partial charge in [-0.15, -0.1) is 0 Å². The van der Waals surface area contributed by atoms with Crippen LogP contribution < -0.4 is 10.5 Å². The first kappa shape index (κ1) is 11.2. The fraction of sp³-hybridized carbons (Fsp3) is 0.444. The number of nitrogens with zero attached hydrogens (tertiary/aromatic N) is 1. The number of hydrogen-bond donors (Lipinski definition) is 2. The van der Waals surface area contributed by atoms with Gasteiger partial charge in [0.1, 0.15) is 5.15 Å². The second kappa shape index (κ2) is 4.13. The highest BCUT2D eigenvalue weighted by molar-refractivity contribution is 6.30. The molecular formula is C9H13ClN2O2. The van der Waals surface area contributed by atoms with E-state index in [2.05, 4.69) is 4.98 Å². The average Bonchev–Trinajstić information content (AvgIpc) is 2.17. The molecule has 14 heavy (non-hydrogen) atoms. The van der Waals surface area contributed by atoms with Gasteiger partial charge in [-0.05, 0) is 13.0 Å². The van der Waals surface area contributed by atoms with Gasteiger partial charge < -0.3 is 15.6 Å². The van der Waals surface area contributed by atoms with E-state index in [0.29, 0.717) is 11.4 Å². The number of halogens is 1. The predicted molar refractivity (Wildman–Crippen MR) is 54.4 cm³/mol. The van der Waals surface area contributed by atoms with Crippen LogP contribution in [0.5, 0.6) is 5.88 Å². The van der Waals surface area contributed by atoms with Crippen LogP contribution in [0, 0.1) is 0 Å². The summed E-state index contributed by atoms with van der Waals surface area (Å²) in [5.41, 5.74) is 5.54. The van der Waals surface area contributed by atoms with E-state index in [0.717, 1.165) is 0 Å². The maximum absolute atomic E-state index is 9.06. The number of pyridine rings is 1. The Kier molecular flexibility index (Phi) is 3.31. The number of hydrogen-bond acceptors (Lipinski definition) is 4. The zero-order chi connectivity index (χ0) is 10.8. The molecule has 3 N–H and O–H groups in total. The molecule has 4 nitrogen and oxygen atoms in total. The lowest BCUT2D eigenvalue weighted by Gasteiger charge is -2.22. The zero-order valence-corrected chi connectivity index (χ0v) is 8.88. The Morgan fingerprint density at radius 2 is 2.29 bits per heavy atom. The summed E-state index contributed by atoms with van der Waals surface area (Å²) in [5, 5.41) is 9.31. The van der Waals surface area contributed by atoms with Crippen LogP contribution in [0.15, 0.2) is 12.1 Å². The van der Waals surface area contributed by atoms with Crippen LogP contribution in [0.4, 0.5) is 0 Å². The molecule has 1 aromatic rings. The Bertz CT molecular complexity index is 329. The molecule has 0 spiro atoms. The molecule has 0 aromatic carbocycles. The molecule has 0 aliphatic rings. The molecule has 0 saturated carbocycles. The second-order valence-corrected chi connectivity index (χ2v) is 3.63. The van der Waals surface area contributed by atoms with Gasteiger partial charge in [-0.2, -0.15) is 0 Å². The van der Waals surface area contributed by atoms with Crippen molar-refractivity contribution in [1.29, 1.82) is 0 Å². The standard InChI is InChI=1S/C9H13ClN2O2/c1-9(11,5-13)6-3-4-7(14-2)12-8(6)10/h3-4,13H,5,11H2,1-2H3/t9-/m0/s1. The summed E-state index contributed by atoms with van der Waals surface area (Å²) in [7, 11) is 1.51. The monoisotopic (exact) mass is 216 g/mol. The number of methoxy groups -OCH3 is 1. The zero-order valence-electron chi connectivity index (χ0n) is 8.12. The minimum Gasteiger partial charge on any atom is -0.481 e. The van der Waals surface area contributed by atoms with Gasteiger partial charge in [0.05, 0.1) is 19.3 Å². The summed E-state index contributed by atoms with van der Waals surface area (Å²) < 4.78 is 4.90. The van der Waals surface area contributed by atoms with Gasteiger partial charge in [-0.1, -0.05) is 11.6 Å². The molecule has 1 aromatic heterocycles. The maximum Gasteiger partial charge on any atom is 0.214 e. The Hall–Kier alpha value is -0.840. The minimum absolute atomic E-state index is 0.194. The van der Waals surface area contributed by atoms with E-state index >= 15 is 0 Å². The summed E-state index contributed by atoms with van der Waals surface area (Å²) in [4.78, 5) is 3.96. The van der Waals surface area contributed by atoms with E-state index in [9.17, 15) is 0 Å². The van der Waals surface area contributed by atoms with E-state index in [1.807, 2.05) is 0 Å². The second-order valence-electron chi connectivity index (χ2n) is 3.27. The quantitative estimate of drug-likeness (QED) is 0.737. The first-order valence-corrected chi connectivity index (χ1v) is 4.50. The lowest BCUT2D eigenvalue weighted by molar-refractivity contribution is 0.209. The molecule has 5 heteroatoms. The van der Waals surface area contributed by atoms with Crippen LogP contribution in [-0.4, -0.2) is 23.8 Å². The highest BCUT2D eigenvalue weighted by atomic mass is 35.5. The largest absolute Gasteiger partial charge is 0.481 e. The fourth-order valence-corrected chi connectivity index (χ4v) is 1.40. The van der Waals surface area contributed by atoms with Crippen LogP contribution in [0.25, 0.3) is 0 Å². The highest BCUT2D eigenvalue weighted by Gasteiger charge is 2.23. The summed E-state index contributed by atoms with van der Waals surface area (Å²) in [6, 6.07) is 3.35. The lowest BCUT2D eigenvalue weighted by atomic mass is 9.96. The minimum atomic E-state index is -0.879. The smallest absolute Gasteiger partial charge is 0.214 e. The molecule has 0 fully saturated rings. The summed E-state index contributed by atoms with van der Waals surface area (Å²) in [5.74, 6) is 0.424. The SMILES string of the molecule is COc1ccc([C@@](C)(N)CO)c(Cl)n1. The molecule has 0 aliphatic carbocycles. The van der Waals surface area contributed by atoms with Crippen LogP contribution in [-0.2, 0) is 5.54 Å². The van der Waals surface area contributed by atoms with Crippen molar-refractivity contribution in [2.75, 3.05) is 13.7 Å². The van der Waals surface area contributed by atoms with Gasteiger partial charge >= 0.3 is 0 Å². The molecule has 1 atom stereocenters. The third-order valence-electron chi connectivity index (χ3n) is 1.98. The highest BCUT2D eigenvalue weighted by Crippen LogP contribution is 2.26. The van der Waals surface area contributed by atoms with E-state index in [-0.39, 0.29) is 11.8 Å². The average molecular weight is 217 g/mol. The van der Waals surface area contributed by atoms with Crippen molar-refractivity contribution >= 4 is 11.6 Å². The predicted octanol–water partition coefficient (Wildman–Crippen LogP) is 0.910. The van der Waals surface area contributed by atoms with Crippen LogP contribution in [0.1, 0.15) is 12.5 Å². The van der Waals surface area contributed by atoms with Gasteiger partial charge in [0.15, 0.2) is 0 Å². The van der Waals surface area contributed by atoms with Gasteiger partial charge in [0.2, 0.25) is 5.88 Å². The summed E-state index contributed by atoms with van der Waals surface area (Å²) >= 11 is 5.89. The van der Waals surface area contributed by atoms with Crippen molar-refractivity contribution in [2.45, 2.75) is 12.5 Å². The molecule has 0 unspecified atom stereocenters. The topological polar surface area (TPSA) is 68.4 Å². The van der Waals surface area contributed by atoms with Gasteiger partial charge in [-0.3, -0.25) is 0 Å². The maximum atomic E-state index is 9.06. The van der Waals surface area contributed by atoms with Gasteiger partial charge in [0.25, 0.3) is 0 Å². The Morgan fingerprint density at radius 3 is 2.71 bits per heavy atom. The molecule has 78 valence electrons. The number of nitrogens with two attached hydrogens (primary N) is 1. The van der Waals surface area contributed by atoms with Crippen molar-refractivity contribution in [3.8, 4) is 5.88 Å². The van der Waals surface area contributed by atoms with Crippen LogP contribution >= 0.6 is 11.6 Å². The lowest BCUT2D eigenvalue weighted by Crippen LogP contribution is -2.37. The van der Waals surface area contributed by atoms with E-state index in [1.165, 1.54) is 7.11 Å². The molecule has 0 aliphatic heterocycles. The molecule has 1 heterocycles. The molecule has 0 saturated heterocycles. The van der Waals surface area contributed by atoms with Crippen molar-refractivity contribution in [3.05, 3.63) is 22.8 Å². The van der Waals surface area contributed by atoms with E-state index < -0.39 is 5.54 Å². The van der Waals surface area contributed by atoms with Crippen LogP contribution in [0.3, 0.4) is 0 Å². The third kappa shape index (κ3) is 2.15. The molecule has 0 bridgehead atoms. The number of rotatable bonds is 3. The van der Waals surface area contributed by atoms with E-state index in [4.69, 9.17) is 27.2 Å². The summed E-state index contributed by atoms with van der Waals surface area (Å²) in [6.07, 6.45) is 0. The number of aromatic nitrogens is 1. The van der Waals surface area contributed by atoms with Crippen molar-refractivity contribution < 1.29 is 9.84 Å². The first-order valence-electron chi connectivity index (χ1n) is 4.12. The van der Waals surface area contributed by atoms with Crippen molar-refractivity contribution in [2.24, 2.45) is 5.73 Å². The summed E-state index contributed by atoms with van der Waals surface area (Å²) in [6.45, 7) is 1.49. The van der Waals surface area contributed by atoms with E-state index in [1.54, 1.807) is 19.1 Å². The molecular weight excluding hydrogens is 204 g/mol. The first-order chi connectivity index (χ1) is 6.51. The van der Waals surface area contributed by atoms with Gasteiger partial charge in [-0.25, -0.2) is 4.98 Å². The Balaban J connectivity index is 3.12. The Morgan fingerprint density at radius 1 is 1.64 bits per heavy atom. The van der Waals surface area contributed by atoms with Crippen molar-refractivity contribution in [3.63, 3.8) is 0 Å². The molecule has 0 amide bonds. The third-order valence-corrected chi connectivity index (χ3v) is 2.26. The number of aliphatic hydroxyl groups excluding tert-OH is 1. The Labute approximate surface area is 87.7 Å². The number of ether oxygens (including phenoxy) is 1. The van der Waals surface area contributed by atoms with Crippen LogP contribution in [0.2, 0.25) is 5.15 Å². The van der Waals surface area contributed by atoms with Gasteiger partial charge in [0, 0.05) is 11.6 Å². The normalized spacial score (nSPS) is 14.9. The fourth-order valence-electron chi connectivity index (χ4n) is 1.04. The molecule has 0 radical (unpaired) electrons.